The van der Waals surface area contributed by atoms with Crippen LogP contribution in [0.1, 0.15) is 16.6 Å². The number of thiophene rings is 1. The van der Waals surface area contributed by atoms with Crippen LogP contribution in [-0.2, 0) is 4.74 Å². The Balaban J connectivity index is 2.07. The molecule has 0 spiro atoms. The highest BCUT2D eigenvalue weighted by atomic mass is 79.9. The van der Waals surface area contributed by atoms with E-state index in [1.54, 1.807) is 0 Å². The van der Waals surface area contributed by atoms with Crippen LogP contribution in [0, 0.1) is 0 Å². The van der Waals surface area contributed by atoms with E-state index < -0.39 is 0 Å². The second-order valence-electron chi connectivity index (χ2n) is 3.54. The topological polar surface area (TPSA) is 29.5 Å². The molecule has 3 nitrogen and oxygen atoms in total. The van der Waals surface area contributed by atoms with Crippen molar-refractivity contribution in [3.63, 3.8) is 0 Å². The molecule has 1 aromatic rings. The largest absolute Gasteiger partial charge is 0.375 e. The van der Waals surface area contributed by atoms with E-state index in [0.29, 0.717) is 19.7 Å². The van der Waals surface area contributed by atoms with Gasteiger partial charge in [0.25, 0.3) is 5.91 Å². The average Bonchev–Trinajstić information content (AvgIpc) is 2.64. The van der Waals surface area contributed by atoms with Gasteiger partial charge in [-0.05, 0) is 35.0 Å². The second-order valence-corrected chi connectivity index (χ2v) is 6.00. The lowest BCUT2D eigenvalue weighted by Gasteiger charge is -2.30. The molecule has 0 aliphatic carbocycles. The minimum atomic E-state index is 0.112. The van der Waals surface area contributed by atoms with E-state index >= 15 is 0 Å². The number of halogens is 1. The Morgan fingerprint density at radius 1 is 1.67 bits per heavy atom. The smallest absolute Gasteiger partial charge is 0.264 e. The van der Waals surface area contributed by atoms with Gasteiger partial charge in [-0.1, -0.05) is 0 Å². The predicted octanol–water partition coefficient (Wildman–Crippen LogP) is 2.37. The molecule has 1 amide bonds. The zero-order valence-corrected chi connectivity index (χ0v) is 10.8. The average molecular weight is 290 g/mol. The van der Waals surface area contributed by atoms with Crippen molar-refractivity contribution < 1.29 is 9.53 Å². The molecule has 15 heavy (non-hydrogen) atoms. The van der Waals surface area contributed by atoms with E-state index in [1.807, 2.05) is 24.0 Å². The number of amides is 1. The van der Waals surface area contributed by atoms with E-state index in [2.05, 4.69) is 15.9 Å². The van der Waals surface area contributed by atoms with E-state index in [1.165, 1.54) is 11.3 Å². The Labute approximate surface area is 101 Å². The molecule has 5 heteroatoms. The van der Waals surface area contributed by atoms with Crippen LogP contribution in [0.15, 0.2) is 15.9 Å². The fourth-order valence-electron chi connectivity index (χ4n) is 1.59. The maximum absolute atomic E-state index is 12.0. The third kappa shape index (κ3) is 2.59. The van der Waals surface area contributed by atoms with Gasteiger partial charge in [0.15, 0.2) is 0 Å². The first-order valence-electron chi connectivity index (χ1n) is 4.83. The Morgan fingerprint density at radius 2 is 2.47 bits per heavy atom. The van der Waals surface area contributed by atoms with Crippen molar-refractivity contribution in [2.45, 2.75) is 13.0 Å². The summed E-state index contributed by atoms with van der Waals surface area (Å²) in [4.78, 5) is 14.7. The lowest BCUT2D eigenvalue weighted by Crippen LogP contribution is -2.44. The molecule has 0 aromatic carbocycles. The van der Waals surface area contributed by atoms with Crippen molar-refractivity contribution in [2.75, 3.05) is 19.7 Å². The SMILES string of the molecule is CC1CN(C(=O)c2ccc(Br)s2)CCO1. The molecule has 0 N–H and O–H groups in total. The molecule has 82 valence electrons. The van der Waals surface area contributed by atoms with Gasteiger partial charge >= 0.3 is 0 Å². The van der Waals surface area contributed by atoms with Gasteiger partial charge in [0.1, 0.15) is 0 Å². The standard InChI is InChI=1S/C10H12BrNO2S/c1-7-6-12(4-5-14-7)10(13)8-2-3-9(11)15-8/h2-3,7H,4-6H2,1H3. The Kier molecular flexibility index (Phi) is 3.43. The highest BCUT2D eigenvalue weighted by Gasteiger charge is 2.23. The van der Waals surface area contributed by atoms with Crippen molar-refractivity contribution in [1.29, 1.82) is 0 Å². The van der Waals surface area contributed by atoms with Crippen molar-refractivity contribution >= 4 is 33.2 Å². The normalized spacial score (nSPS) is 21.7. The molecule has 2 rings (SSSR count). The molecule has 1 aromatic heterocycles. The predicted molar refractivity (Wildman–Crippen MR) is 63.3 cm³/mol. The summed E-state index contributed by atoms with van der Waals surface area (Å²) in [5, 5.41) is 0. The molecular formula is C10H12BrNO2S. The summed E-state index contributed by atoms with van der Waals surface area (Å²) < 4.78 is 6.39. The number of morpholine rings is 1. The van der Waals surface area contributed by atoms with Crippen LogP contribution in [-0.4, -0.2) is 36.6 Å². The molecule has 0 radical (unpaired) electrons. The molecule has 0 saturated carbocycles. The maximum Gasteiger partial charge on any atom is 0.264 e. The first kappa shape index (κ1) is 11.1. The van der Waals surface area contributed by atoms with Gasteiger partial charge < -0.3 is 9.64 Å². The van der Waals surface area contributed by atoms with Crippen LogP contribution >= 0.6 is 27.3 Å². The van der Waals surface area contributed by atoms with E-state index in [-0.39, 0.29) is 12.0 Å². The zero-order chi connectivity index (χ0) is 10.8. The van der Waals surface area contributed by atoms with Gasteiger partial charge in [-0.2, -0.15) is 0 Å². The number of rotatable bonds is 1. The van der Waals surface area contributed by atoms with Crippen LogP contribution in [0.25, 0.3) is 0 Å². The summed E-state index contributed by atoms with van der Waals surface area (Å²) >= 11 is 4.83. The first-order valence-corrected chi connectivity index (χ1v) is 6.44. The van der Waals surface area contributed by atoms with Crippen molar-refractivity contribution in [3.8, 4) is 0 Å². The van der Waals surface area contributed by atoms with Crippen LogP contribution in [0.2, 0.25) is 0 Å². The van der Waals surface area contributed by atoms with E-state index in [0.717, 1.165) is 8.66 Å². The number of ether oxygens (including phenoxy) is 1. The van der Waals surface area contributed by atoms with Gasteiger partial charge in [-0.3, -0.25) is 4.79 Å². The van der Waals surface area contributed by atoms with E-state index in [9.17, 15) is 4.79 Å². The van der Waals surface area contributed by atoms with Crippen LogP contribution < -0.4 is 0 Å². The summed E-state index contributed by atoms with van der Waals surface area (Å²) in [6, 6.07) is 3.76. The zero-order valence-electron chi connectivity index (χ0n) is 8.40. The summed E-state index contributed by atoms with van der Waals surface area (Å²) in [7, 11) is 0. The molecule has 1 aliphatic rings. The van der Waals surface area contributed by atoms with Crippen molar-refractivity contribution in [1.82, 2.24) is 4.90 Å². The first-order chi connectivity index (χ1) is 7.16. The quantitative estimate of drug-likeness (QED) is 0.794. The van der Waals surface area contributed by atoms with E-state index in [4.69, 9.17) is 4.74 Å². The van der Waals surface area contributed by atoms with Gasteiger partial charge in [0, 0.05) is 13.1 Å². The molecule has 1 aliphatic heterocycles. The van der Waals surface area contributed by atoms with Crippen molar-refractivity contribution in [3.05, 3.63) is 20.8 Å². The Morgan fingerprint density at radius 3 is 3.07 bits per heavy atom. The van der Waals surface area contributed by atoms with Crippen LogP contribution in [0.3, 0.4) is 0 Å². The molecule has 1 atom stereocenters. The molecule has 0 bridgehead atoms. The number of carbonyl (C=O) groups is 1. The number of carbonyl (C=O) groups excluding carboxylic acids is 1. The van der Waals surface area contributed by atoms with Crippen LogP contribution in [0.5, 0.6) is 0 Å². The molecule has 1 fully saturated rings. The number of hydrogen-bond donors (Lipinski definition) is 0. The highest BCUT2D eigenvalue weighted by molar-refractivity contribution is 9.11. The maximum atomic E-state index is 12.0. The lowest BCUT2D eigenvalue weighted by atomic mass is 10.3. The summed E-state index contributed by atoms with van der Waals surface area (Å²) in [5.41, 5.74) is 0. The number of nitrogens with zero attached hydrogens (tertiary/aromatic N) is 1. The van der Waals surface area contributed by atoms with Gasteiger partial charge in [-0.25, -0.2) is 0 Å². The summed E-state index contributed by atoms with van der Waals surface area (Å²) in [5.74, 6) is 0.112. The van der Waals surface area contributed by atoms with Gasteiger partial charge in [-0.15, -0.1) is 11.3 Å². The Bertz CT molecular complexity index is 366. The molecule has 1 unspecified atom stereocenters. The van der Waals surface area contributed by atoms with Crippen molar-refractivity contribution in [2.24, 2.45) is 0 Å². The fraction of sp³-hybridized carbons (Fsp3) is 0.500. The second kappa shape index (κ2) is 4.63. The monoisotopic (exact) mass is 289 g/mol. The molecule has 2 heterocycles. The highest BCUT2D eigenvalue weighted by Crippen LogP contribution is 2.23. The lowest BCUT2D eigenvalue weighted by molar-refractivity contribution is -0.0122. The minimum Gasteiger partial charge on any atom is -0.375 e. The third-order valence-electron chi connectivity index (χ3n) is 2.31. The molecular weight excluding hydrogens is 278 g/mol. The summed E-state index contributed by atoms with van der Waals surface area (Å²) in [6.07, 6.45) is 0.145. The summed E-state index contributed by atoms with van der Waals surface area (Å²) in [6.45, 7) is 4.01. The fourth-order valence-corrected chi connectivity index (χ4v) is 2.94. The van der Waals surface area contributed by atoms with Gasteiger partial charge in [0.2, 0.25) is 0 Å². The van der Waals surface area contributed by atoms with Gasteiger partial charge in [0.05, 0.1) is 21.4 Å². The third-order valence-corrected chi connectivity index (χ3v) is 3.92. The number of hydrogen-bond acceptors (Lipinski definition) is 3. The van der Waals surface area contributed by atoms with Crippen LogP contribution in [0.4, 0.5) is 0 Å². The minimum absolute atomic E-state index is 0.112. The molecule has 1 saturated heterocycles. The Hall–Kier alpha value is -0.390.